The monoisotopic (exact) mass is 396 g/mol. The van der Waals surface area contributed by atoms with Crippen molar-refractivity contribution in [1.29, 1.82) is 0 Å². The average Bonchev–Trinajstić information content (AvgIpc) is 2.78. The first-order valence-corrected chi connectivity index (χ1v) is 10.3. The van der Waals surface area contributed by atoms with Crippen LogP contribution >= 0.6 is 7.14 Å². The highest BCUT2D eigenvalue weighted by molar-refractivity contribution is 7.93. The molecule has 1 unspecified atom stereocenters. The first-order valence-electron chi connectivity index (χ1n) is 8.62. The fraction of sp³-hybridized carbons (Fsp3) is 0.136. The van der Waals surface area contributed by atoms with Crippen LogP contribution in [0, 0.1) is 0 Å². The lowest BCUT2D eigenvalue weighted by molar-refractivity contribution is 0.107. The minimum atomic E-state index is -3.82. The molecule has 6 heteroatoms. The maximum absolute atomic E-state index is 14.5. The fourth-order valence-electron chi connectivity index (χ4n) is 3.04. The number of hydrogen-bond acceptors (Lipinski definition) is 5. The van der Waals surface area contributed by atoms with Crippen LogP contribution < -0.4 is 24.8 Å². The van der Waals surface area contributed by atoms with Crippen molar-refractivity contribution in [3.8, 4) is 17.2 Å². The van der Waals surface area contributed by atoms with Gasteiger partial charge in [-0.1, -0.05) is 36.4 Å². The van der Waals surface area contributed by atoms with Gasteiger partial charge in [0, 0.05) is 10.9 Å². The van der Waals surface area contributed by atoms with E-state index >= 15 is 0 Å². The van der Waals surface area contributed by atoms with Gasteiger partial charge in [0.2, 0.25) is 12.7 Å². The molecule has 0 bridgehead atoms. The molecule has 0 aliphatic carbocycles. The Labute approximate surface area is 164 Å². The van der Waals surface area contributed by atoms with Crippen LogP contribution in [0.1, 0.15) is 10.4 Å². The third-order valence-corrected chi connectivity index (χ3v) is 7.39. The van der Waals surface area contributed by atoms with E-state index in [2.05, 4.69) is 0 Å². The number of methoxy groups -OCH3 is 3. The average molecular weight is 396 g/mol. The van der Waals surface area contributed by atoms with E-state index in [0.29, 0.717) is 28.1 Å². The Balaban J connectivity index is 2.32. The summed E-state index contributed by atoms with van der Waals surface area (Å²) < 4.78 is 30.6. The molecule has 0 spiro atoms. The van der Waals surface area contributed by atoms with Crippen LogP contribution in [0.2, 0.25) is 0 Å². The summed E-state index contributed by atoms with van der Waals surface area (Å²) in [5, 5.41) is 0.629. The molecule has 144 valence electrons. The number of carbonyl (C=O) groups excluding carboxylic acids is 1. The molecule has 0 saturated heterocycles. The van der Waals surface area contributed by atoms with Crippen molar-refractivity contribution in [3.63, 3.8) is 0 Å². The smallest absolute Gasteiger partial charge is 0.230 e. The zero-order valence-corrected chi connectivity index (χ0v) is 16.8. The number of benzene rings is 3. The molecule has 3 aromatic rings. The summed E-state index contributed by atoms with van der Waals surface area (Å²) in [5.74, 6) is 1.28. The second-order valence-corrected chi connectivity index (χ2v) is 8.58. The lowest BCUT2D eigenvalue weighted by Gasteiger charge is -2.22. The van der Waals surface area contributed by atoms with Crippen LogP contribution in [0.4, 0.5) is 0 Å². The SMILES string of the molecule is COc1ccc(P(=O)(C(=O)c2ccccc2)c2c(OC)cccc2OC)cc1. The molecule has 0 aliphatic heterocycles. The van der Waals surface area contributed by atoms with Crippen LogP contribution in [0.25, 0.3) is 0 Å². The molecule has 0 fully saturated rings. The molecular formula is C22H21O5P. The van der Waals surface area contributed by atoms with Gasteiger partial charge in [0.25, 0.3) is 0 Å². The van der Waals surface area contributed by atoms with Gasteiger partial charge in [-0.3, -0.25) is 4.79 Å². The molecule has 0 N–H and O–H groups in total. The van der Waals surface area contributed by atoms with Gasteiger partial charge in [0.1, 0.15) is 22.6 Å². The van der Waals surface area contributed by atoms with E-state index in [1.54, 1.807) is 79.9 Å². The van der Waals surface area contributed by atoms with E-state index in [0.717, 1.165) is 0 Å². The van der Waals surface area contributed by atoms with Gasteiger partial charge < -0.3 is 18.8 Å². The zero-order valence-electron chi connectivity index (χ0n) is 15.9. The van der Waals surface area contributed by atoms with Crippen LogP contribution in [0.15, 0.2) is 72.8 Å². The molecule has 1 atom stereocenters. The number of ether oxygens (including phenoxy) is 3. The van der Waals surface area contributed by atoms with Crippen molar-refractivity contribution >= 4 is 23.3 Å². The molecule has 0 aliphatic rings. The van der Waals surface area contributed by atoms with Crippen molar-refractivity contribution < 1.29 is 23.6 Å². The summed E-state index contributed by atoms with van der Waals surface area (Å²) in [6.45, 7) is 0. The van der Waals surface area contributed by atoms with Gasteiger partial charge >= 0.3 is 0 Å². The van der Waals surface area contributed by atoms with E-state index in [1.165, 1.54) is 14.2 Å². The highest BCUT2D eigenvalue weighted by Crippen LogP contribution is 2.51. The Morgan fingerprint density at radius 1 is 0.714 bits per heavy atom. The summed E-state index contributed by atoms with van der Waals surface area (Å²) in [7, 11) is 0.680. The van der Waals surface area contributed by atoms with Gasteiger partial charge in [-0.05, 0) is 36.4 Å². The second-order valence-electron chi connectivity index (χ2n) is 5.99. The molecule has 0 radical (unpaired) electrons. The lowest BCUT2D eigenvalue weighted by atomic mass is 10.2. The Kier molecular flexibility index (Phi) is 5.86. The summed E-state index contributed by atoms with van der Waals surface area (Å²) in [5.41, 5.74) is -0.129. The normalized spacial score (nSPS) is 12.7. The summed E-state index contributed by atoms with van der Waals surface area (Å²) in [6, 6.07) is 20.3. The summed E-state index contributed by atoms with van der Waals surface area (Å²) >= 11 is 0. The highest BCUT2D eigenvalue weighted by atomic mass is 31.2. The van der Waals surface area contributed by atoms with Crippen molar-refractivity contribution in [2.24, 2.45) is 0 Å². The lowest BCUT2D eigenvalue weighted by Crippen LogP contribution is -2.25. The van der Waals surface area contributed by atoms with Gasteiger partial charge in [-0.2, -0.15) is 0 Å². The summed E-state index contributed by atoms with van der Waals surface area (Å²) in [4.78, 5) is 13.6. The molecule has 0 saturated carbocycles. The minimum absolute atomic E-state index is 0.249. The van der Waals surface area contributed by atoms with Crippen molar-refractivity contribution in [2.75, 3.05) is 21.3 Å². The third kappa shape index (κ3) is 3.41. The van der Waals surface area contributed by atoms with Crippen LogP contribution in [0.5, 0.6) is 17.2 Å². The molecule has 0 amide bonds. The zero-order chi connectivity index (χ0) is 20.1. The Bertz CT molecular complexity index is 991. The number of rotatable bonds is 7. The van der Waals surface area contributed by atoms with Gasteiger partial charge in [-0.25, -0.2) is 0 Å². The molecule has 5 nitrogen and oxygen atoms in total. The molecule has 28 heavy (non-hydrogen) atoms. The van der Waals surface area contributed by atoms with Gasteiger partial charge in [0.05, 0.1) is 21.3 Å². The fourth-order valence-corrected chi connectivity index (χ4v) is 5.77. The van der Waals surface area contributed by atoms with Crippen molar-refractivity contribution in [2.45, 2.75) is 0 Å². The topological polar surface area (TPSA) is 61.8 Å². The molecule has 3 rings (SSSR count). The molecule has 3 aromatic carbocycles. The predicted molar refractivity (Wildman–Crippen MR) is 110 cm³/mol. The van der Waals surface area contributed by atoms with E-state index < -0.39 is 12.7 Å². The maximum Gasteiger partial charge on any atom is 0.230 e. The van der Waals surface area contributed by atoms with E-state index in [1.807, 2.05) is 0 Å². The molecule has 0 heterocycles. The van der Waals surface area contributed by atoms with Gasteiger partial charge in [0.15, 0.2) is 0 Å². The van der Waals surface area contributed by atoms with Crippen LogP contribution in [0.3, 0.4) is 0 Å². The summed E-state index contributed by atoms with van der Waals surface area (Å²) in [6.07, 6.45) is 0. The number of hydrogen-bond donors (Lipinski definition) is 0. The first-order chi connectivity index (χ1) is 13.6. The first kappa shape index (κ1) is 19.7. The van der Waals surface area contributed by atoms with E-state index in [-0.39, 0.29) is 5.30 Å². The standard InChI is InChI=1S/C22H21O5P/c1-25-17-12-14-18(15-13-17)28(24,22(23)16-8-5-4-6-9-16)21-19(26-2)10-7-11-20(21)27-3/h4-15H,1-3H3. The Hall–Kier alpha value is -3.04. The maximum atomic E-state index is 14.5. The predicted octanol–water partition coefficient (Wildman–Crippen LogP) is 3.87. The Morgan fingerprint density at radius 3 is 1.79 bits per heavy atom. The quantitative estimate of drug-likeness (QED) is 0.568. The van der Waals surface area contributed by atoms with Crippen molar-refractivity contribution in [3.05, 3.63) is 78.4 Å². The largest absolute Gasteiger partial charge is 0.497 e. The minimum Gasteiger partial charge on any atom is -0.497 e. The Morgan fingerprint density at radius 2 is 1.29 bits per heavy atom. The number of carbonyl (C=O) groups is 1. The van der Waals surface area contributed by atoms with Gasteiger partial charge in [-0.15, -0.1) is 0 Å². The van der Waals surface area contributed by atoms with E-state index in [9.17, 15) is 9.36 Å². The molecular weight excluding hydrogens is 375 g/mol. The van der Waals surface area contributed by atoms with Crippen LogP contribution in [-0.4, -0.2) is 26.9 Å². The van der Waals surface area contributed by atoms with Crippen LogP contribution in [-0.2, 0) is 4.57 Å². The second kappa shape index (κ2) is 8.32. The highest BCUT2D eigenvalue weighted by Gasteiger charge is 2.41. The molecule has 0 aromatic heterocycles. The van der Waals surface area contributed by atoms with E-state index in [4.69, 9.17) is 14.2 Å². The van der Waals surface area contributed by atoms with Crippen molar-refractivity contribution in [1.82, 2.24) is 0 Å². The third-order valence-electron chi connectivity index (χ3n) is 4.46.